The number of carbonyl (C=O) groups is 2. The van der Waals surface area contributed by atoms with Crippen molar-refractivity contribution in [3.05, 3.63) is 66.0 Å². The summed E-state index contributed by atoms with van der Waals surface area (Å²) in [6.45, 7) is 2.34. The topological polar surface area (TPSA) is 68.7 Å². The van der Waals surface area contributed by atoms with Crippen LogP contribution in [0.4, 0.5) is 0 Å². The summed E-state index contributed by atoms with van der Waals surface area (Å²) in [5, 5.41) is 0. The van der Waals surface area contributed by atoms with Crippen LogP contribution < -0.4 is 4.74 Å². The van der Waals surface area contributed by atoms with Crippen LogP contribution >= 0.6 is 0 Å². The Kier molecular flexibility index (Phi) is 7.36. The van der Waals surface area contributed by atoms with E-state index >= 15 is 0 Å². The molecule has 0 saturated heterocycles. The van der Waals surface area contributed by atoms with Crippen molar-refractivity contribution in [3.63, 3.8) is 0 Å². The van der Waals surface area contributed by atoms with Gasteiger partial charge < -0.3 is 14.4 Å². The fraction of sp³-hybridized carbons (Fsp3) is 0.250. The van der Waals surface area contributed by atoms with E-state index in [0.717, 1.165) is 5.56 Å². The van der Waals surface area contributed by atoms with E-state index in [0.29, 0.717) is 24.5 Å². The Bertz CT molecular complexity index is 759. The van der Waals surface area contributed by atoms with Gasteiger partial charge in [-0.3, -0.25) is 9.78 Å². The maximum atomic E-state index is 12.3. The van der Waals surface area contributed by atoms with Crippen LogP contribution in [0.1, 0.15) is 18.1 Å². The number of hydrogen-bond acceptors (Lipinski definition) is 5. The molecule has 26 heavy (non-hydrogen) atoms. The van der Waals surface area contributed by atoms with Crippen molar-refractivity contribution in [2.75, 3.05) is 20.3 Å². The van der Waals surface area contributed by atoms with Crippen molar-refractivity contribution < 1.29 is 19.1 Å². The highest BCUT2D eigenvalue weighted by atomic mass is 16.6. The number of ether oxygens (including phenoxy) is 2. The lowest BCUT2D eigenvalue weighted by molar-refractivity contribution is -0.145. The molecule has 0 spiro atoms. The van der Waals surface area contributed by atoms with Gasteiger partial charge in [-0.05, 0) is 30.7 Å². The lowest BCUT2D eigenvalue weighted by Crippen LogP contribution is -2.24. The first-order valence-corrected chi connectivity index (χ1v) is 8.29. The summed E-state index contributed by atoms with van der Waals surface area (Å²) in [6, 6.07) is 10.9. The monoisotopic (exact) mass is 354 g/mol. The molecule has 0 aliphatic heterocycles. The van der Waals surface area contributed by atoms with Crippen molar-refractivity contribution in [1.82, 2.24) is 9.88 Å². The van der Waals surface area contributed by atoms with Gasteiger partial charge in [0.05, 0.1) is 6.61 Å². The Morgan fingerprint density at radius 1 is 1.19 bits per heavy atom. The molecule has 2 aromatic rings. The average Bonchev–Trinajstić information content (AvgIpc) is 2.66. The Morgan fingerprint density at radius 3 is 2.73 bits per heavy atom. The first-order valence-electron chi connectivity index (χ1n) is 8.29. The summed E-state index contributed by atoms with van der Waals surface area (Å²) in [4.78, 5) is 29.3. The summed E-state index contributed by atoms with van der Waals surface area (Å²) in [6.07, 6.45) is 6.57. The van der Waals surface area contributed by atoms with Crippen molar-refractivity contribution >= 4 is 18.0 Å². The minimum atomic E-state index is -0.432. The summed E-state index contributed by atoms with van der Waals surface area (Å²) >= 11 is 0. The molecule has 1 amide bonds. The highest BCUT2D eigenvalue weighted by molar-refractivity contribution is 5.92. The lowest BCUT2D eigenvalue weighted by atomic mass is 10.2. The minimum Gasteiger partial charge on any atom is -0.481 e. The smallest absolute Gasteiger partial charge is 0.344 e. The molecule has 1 heterocycles. The molecule has 0 fully saturated rings. The molecule has 0 bridgehead atoms. The van der Waals surface area contributed by atoms with E-state index in [1.54, 1.807) is 49.5 Å². The molecular formula is C20H22N2O4. The number of rotatable bonds is 8. The van der Waals surface area contributed by atoms with Crippen LogP contribution in [0.3, 0.4) is 0 Å². The molecule has 0 saturated carbocycles. The minimum absolute atomic E-state index is 0.144. The van der Waals surface area contributed by atoms with Gasteiger partial charge in [-0.25, -0.2) is 4.79 Å². The molecule has 0 aliphatic rings. The molecule has 6 nitrogen and oxygen atoms in total. The van der Waals surface area contributed by atoms with Gasteiger partial charge in [-0.15, -0.1) is 0 Å². The Labute approximate surface area is 153 Å². The van der Waals surface area contributed by atoms with Gasteiger partial charge in [0, 0.05) is 37.6 Å². The molecule has 6 heteroatoms. The summed E-state index contributed by atoms with van der Waals surface area (Å²) in [5.41, 5.74) is 1.66. The van der Waals surface area contributed by atoms with Crippen molar-refractivity contribution in [2.45, 2.75) is 13.5 Å². The number of amides is 1. The average molecular weight is 354 g/mol. The zero-order valence-electron chi connectivity index (χ0n) is 14.9. The van der Waals surface area contributed by atoms with Gasteiger partial charge in [0.2, 0.25) is 5.91 Å². The van der Waals surface area contributed by atoms with Crippen LogP contribution in [-0.4, -0.2) is 42.0 Å². The highest BCUT2D eigenvalue weighted by Crippen LogP contribution is 2.19. The Balaban J connectivity index is 1.98. The summed E-state index contributed by atoms with van der Waals surface area (Å²) in [5.74, 6) is -0.0628. The highest BCUT2D eigenvalue weighted by Gasteiger charge is 2.08. The fourth-order valence-corrected chi connectivity index (χ4v) is 2.22. The third-order valence-corrected chi connectivity index (χ3v) is 3.49. The van der Waals surface area contributed by atoms with E-state index in [1.165, 1.54) is 6.08 Å². The van der Waals surface area contributed by atoms with E-state index < -0.39 is 5.97 Å². The van der Waals surface area contributed by atoms with Gasteiger partial charge in [0.1, 0.15) is 5.75 Å². The second-order valence-corrected chi connectivity index (χ2v) is 5.52. The molecule has 0 unspecified atom stereocenters. The van der Waals surface area contributed by atoms with Crippen LogP contribution in [0.25, 0.3) is 6.08 Å². The second-order valence-electron chi connectivity index (χ2n) is 5.52. The number of benzene rings is 1. The number of esters is 1. The van der Waals surface area contributed by atoms with Crippen molar-refractivity contribution in [2.24, 2.45) is 0 Å². The van der Waals surface area contributed by atoms with Crippen LogP contribution in [0.2, 0.25) is 0 Å². The van der Waals surface area contributed by atoms with Crippen LogP contribution in [0.5, 0.6) is 5.75 Å². The van der Waals surface area contributed by atoms with Gasteiger partial charge in [0.15, 0.2) is 6.61 Å². The molecular weight excluding hydrogens is 332 g/mol. The number of nitrogens with zero attached hydrogens (tertiary/aromatic N) is 2. The summed E-state index contributed by atoms with van der Waals surface area (Å²) in [7, 11) is 1.73. The number of pyridine rings is 1. The fourth-order valence-electron chi connectivity index (χ4n) is 2.22. The molecule has 0 aliphatic carbocycles. The number of para-hydroxylation sites is 1. The molecule has 1 aromatic heterocycles. The van der Waals surface area contributed by atoms with Crippen LogP contribution in [0.15, 0.2) is 54.9 Å². The van der Waals surface area contributed by atoms with E-state index in [2.05, 4.69) is 4.98 Å². The maximum absolute atomic E-state index is 12.3. The Morgan fingerprint density at radius 2 is 2.00 bits per heavy atom. The zero-order chi connectivity index (χ0) is 18.8. The van der Waals surface area contributed by atoms with Gasteiger partial charge in [0.25, 0.3) is 0 Å². The molecule has 1 aromatic carbocycles. The largest absolute Gasteiger partial charge is 0.481 e. The molecule has 2 rings (SSSR count). The number of carbonyl (C=O) groups excluding carboxylic acids is 2. The number of hydrogen-bond donors (Lipinski definition) is 0. The number of aromatic nitrogens is 1. The quantitative estimate of drug-likeness (QED) is 0.538. The predicted molar refractivity (Wildman–Crippen MR) is 98.3 cm³/mol. The molecule has 0 N–H and O–H groups in total. The zero-order valence-corrected chi connectivity index (χ0v) is 14.9. The molecule has 0 radical (unpaired) electrons. The van der Waals surface area contributed by atoms with Gasteiger partial charge in [-0.2, -0.15) is 0 Å². The SMILES string of the molecule is CCOC(=O)COc1ccccc1C=CC(=O)N(C)Cc1cccnc1. The van der Waals surface area contributed by atoms with E-state index in [-0.39, 0.29) is 12.5 Å². The van der Waals surface area contributed by atoms with Gasteiger partial charge >= 0.3 is 5.97 Å². The molecule has 0 atom stereocenters. The van der Waals surface area contributed by atoms with Crippen molar-refractivity contribution in [3.8, 4) is 5.75 Å². The lowest BCUT2D eigenvalue weighted by Gasteiger charge is -2.15. The van der Waals surface area contributed by atoms with E-state index in [4.69, 9.17) is 9.47 Å². The second kappa shape index (κ2) is 9.98. The Hall–Kier alpha value is -3.15. The standard InChI is InChI=1S/C20H22N2O4/c1-3-25-20(24)15-26-18-9-5-4-8-17(18)10-11-19(23)22(2)14-16-7-6-12-21-13-16/h4-13H,3,14-15H2,1-2H3. The normalized spacial score (nSPS) is 10.5. The molecule has 136 valence electrons. The first kappa shape index (κ1) is 19.2. The van der Waals surface area contributed by atoms with Crippen LogP contribution in [-0.2, 0) is 20.9 Å². The van der Waals surface area contributed by atoms with E-state index in [1.807, 2.05) is 24.3 Å². The van der Waals surface area contributed by atoms with E-state index in [9.17, 15) is 9.59 Å². The number of likely N-dealkylation sites (N-methyl/N-ethyl adjacent to an activating group) is 1. The van der Waals surface area contributed by atoms with Gasteiger partial charge in [-0.1, -0.05) is 24.3 Å². The predicted octanol–water partition coefficient (Wildman–Crippen LogP) is 2.70. The third-order valence-electron chi connectivity index (χ3n) is 3.49. The van der Waals surface area contributed by atoms with Crippen LogP contribution in [0, 0.1) is 0 Å². The van der Waals surface area contributed by atoms with Crippen molar-refractivity contribution in [1.29, 1.82) is 0 Å². The first-order chi connectivity index (χ1) is 12.6. The summed E-state index contributed by atoms with van der Waals surface area (Å²) < 4.78 is 10.3. The maximum Gasteiger partial charge on any atom is 0.344 e. The third kappa shape index (κ3) is 6.05.